The summed E-state index contributed by atoms with van der Waals surface area (Å²) in [7, 11) is 0. The second-order valence-corrected chi connectivity index (χ2v) is 5.76. The fourth-order valence-corrected chi connectivity index (χ4v) is 2.80. The van der Waals surface area contributed by atoms with E-state index in [4.69, 9.17) is 9.73 Å². The third-order valence-electron chi connectivity index (χ3n) is 3.99. The van der Waals surface area contributed by atoms with Gasteiger partial charge in [-0.05, 0) is 39.0 Å². The summed E-state index contributed by atoms with van der Waals surface area (Å²) in [6, 6.07) is 0. The van der Waals surface area contributed by atoms with E-state index in [9.17, 15) is 0 Å². The van der Waals surface area contributed by atoms with Crippen LogP contribution in [0.5, 0.6) is 0 Å². The molecule has 1 aliphatic carbocycles. The van der Waals surface area contributed by atoms with Gasteiger partial charge in [0.2, 0.25) is 0 Å². The van der Waals surface area contributed by atoms with E-state index in [2.05, 4.69) is 31.4 Å². The number of guanidine groups is 1. The molecule has 18 heavy (non-hydrogen) atoms. The van der Waals surface area contributed by atoms with Crippen LogP contribution < -0.4 is 10.6 Å². The third kappa shape index (κ3) is 3.16. The van der Waals surface area contributed by atoms with Gasteiger partial charge in [0.1, 0.15) is 0 Å². The molecule has 2 fully saturated rings. The summed E-state index contributed by atoms with van der Waals surface area (Å²) in [5.74, 6) is 1.73. The van der Waals surface area contributed by atoms with Crippen molar-refractivity contribution in [1.82, 2.24) is 10.6 Å². The molecule has 2 unspecified atom stereocenters. The van der Waals surface area contributed by atoms with Crippen LogP contribution in [0.1, 0.15) is 40.0 Å². The molecular weight excluding hydrogens is 226 g/mol. The number of ether oxygens (including phenoxy) is 1. The van der Waals surface area contributed by atoms with Gasteiger partial charge in [-0.3, -0.25) is 4.99 Å². The highest BCUT2D eigenvalue weighted by Crippen LogP contribution is 2.47. The summed E-state index contributed by atoms with van der Waals surface area (Å²) < 4.78 is 5.93. The number of nitrogens with one attached hydrogen (secondary N) is 2. The maximum absolute atomic E-state index is 5.93. The van der Waals surface area contributed by atoms with Crippen LogP contribution in [0.2, 0.25) is 0 Å². The van der Waals surface area contributed by atoms with Crippen molar-refractivity contribution in [3.8, 4) is 0 Å². The highest BCUT2D eigenvalue weighted by molar-refractivity contribution is 5.79. The van der Waals surface area contributed by atoms with E-state index in [0.717, 1.165) is 44.5 Å². The minimum Gasteiger partial charge on any atom is -0.377 e. The molecule has 2 rings (SSSR count). The molecule has 4 nitrogen and oxygen atoms in total. The lowest BCUT2D eigenvalue weighted by molar-refractivity contribution is 0.0424. The number of aliphatic imine (C=N–C) groups is 1. The topological polar surface area (TPSA) is 45.7 Å². The molecule has 1 heterocycles. The van der Waals surface area contributed by atoms with Gasteiger partial charge in [0.25, 0.3) is 0 Å². The molecule has 2 atom stereocenters. The first-order chi connectivity index (χ1) is 8.69. The van der Waals surface area contributed by atoms with Gasteiger partial charge in [-0.1, -0.05) is 6.92 Å². The predicted octanol–water partition coefficient (Wildman–Crippen LogP) is 1.77. The van der Waals surface area contributed by atoms with E-state index in [-0.39, 0.29) is 5.41 Å². The van der Waals surface area contributed by atoms with Gasteiger partial charge in [0.05, 0.1) is 12.6 Å². The normalized spacial score (nSPS) is 31.2. The Morgan fingerprint density at radius 3 is 2.50 bits per heavy atom. The van der Waals surface area contributed by atoms with E-state index >= 15 is 0 Å². The van der Waals surface area contributed by atoms with Gasteiger partial charge in [0, 0.05) is 25.1 Å². The number of rotatable bonds is 5. The maximum atomic E-state index is 5.93. The Morgan fingerprint density at radius 1 is 1.28 bits per heavy atom. The zero-order valence-electron chi connectivity index (χ0n) is 12.0. The summed E-state index contributed by atoms with van der Waals surface area (Å²) in [4.78, 5) is 4.73. The first kappa shape index (κ1) is 13.7. The largest absolute Gasteiger partial charge is 0.377 e. The van der Waals surface area contributed by atoms with Crippen molar-refractivity contribution in [2.24, 2.45) is 16.3 Å². The van der Waals surface area contributed by atoms with Crippen molar-refractivity contribution in [3.63, 3.8) is 0 Å². The van der Waals surface area contributed by atoms with Crippen molar-refractivity contribution in [2.45, 2.75) is 46.1 Å². The molecule has 0 amide bonds. The monoisotopic (exact) mass is 253 g/mol. The lowest BCUT2D eigenvalue weighted by Gasteiger charge is -2.28. The molecule has 1 saturated heterocycles. The van der Waals surface area contributed by atoms with E-state index in [1.54, 1.807) is 0 Å². The third-order valence-corrected chi connectivity index (χ3v) is 3.99. The van der Waals surface area contributed by atoms with E-state index in [1.807, 2.05) is 0 Å². The summed E-state index contributed by atoms with van der Waals surface area (Å²) in [6.07, 6.45) is 4.27. The molecule has 0 bridgehead atoms. The second-order valence-electron chi connectivity index (χ2n) is 5.76. The molecule has 1 saturated carbocycles. The van der Waals surface area contributed by atoms with Crippen molar-refractivity contribution >= 4 is 5.96 Å². The lowest BCUT2D eigenvalue weighted by atomic mass is 9.81. The SMILES string of the molecule is CCNC(=NCC1(C)CCOC1C1CC1)NCC. The molecule has 2 aliphatic rings. The molecule has 0 radical (unpaired) electrons. The highest BCUT2D eigenvalue weighted by atomic mass is 16.5. The van der Waals surface area contributed by atoms with Crippen LogP contribution >= 0.6 is 0 Å². The quantitative estimate of drug-likeness (QED) is 0.580. The van der Waals surface area contributed by atoms with Crippen LogP contribution in [-0.2, 0) is 4.74 Å². The Bertz CT molecular complexity index is 293. The van der Waals surface area contributed by atoms with Crippen molar-refractivity contribution in [3.05, 3.63) is 0 Å². The average Bonchev–Trinajstić information content (AvgIpc) is 3.11. The van der Waals surface area contributed by atoms with Gasteiger partial charge < -0.3 is 15.4 Å². The summed E-state index contributed by atoms with van der Waals surface area (Å²) in [6.45, 7) is 10.1. The van der Waals surface area contributed by atoms with Gasteiger partial charge in [-0.2, -0.15) is 0 Å². The minimum absolute atomic E-state index is 0.233. The zero-order chi connectivity index (χ0) is 13.0. The molecule has 0 aromatic heterocycles. The summed E-state index contributed by atoms with van der Waals surface area (Å²) >= 11 is 0. The van der Waals surface area contributed by atoms with Gasteiger partial charge >= 0.3 is 0 Å². The van der Waals surface area contributed by atoms with Crippen molar-refractivity contribution in [1.29, 1.82) is 0 Å². The number of nitrogens with zero attached hydrogens (tertiary/aromatic N) is 1. The van der Waals surface area contributed by atoms with Crippen LogP contribution in [-0.4, -0.2) is 38.3 Å². The average molecular weight is 253 g/mol. The van der Waals surface area contributed by atoms with E-state index in [0.29, 0.717) is 6.10 Å². The van der Waals surface area contributed by atoms with Crippen molar-refractivity contribution < 1.29 is 4.74 Å². The molecule has 104 valence electrons. The molecule has 2 N–H and O–H groups in total. The Morgan fingerprint density at radius 2 is 1.94 bits per heavy atom. The molecule has 0 spiro atoms. The Hall–Kier alpha value is -0.770. The molecule has 0 aromatic carbocycles. The first-order valence-electron chi connectivity index (χ1n) is 7.33. The number of hydrogen-bond acceptors (Lipinski definition) is 2. The van der Waals surface area contributed by atoms with Crippen LogP contribution in [0.3, 0.4) is 0 Å². The molecule has 1 aliphatic heterocycles. The zero-order valence-corrected chi connectivity index (χ0v) is 12.0. The summed E-state index contributed by atoms with van der Waals surface area (Å²) in [5, 5.41) is 6.56. The molecular formula is C14H27N3O. The molecule has 4 heteroatoms. The fraction of sp³-hybridized carbons (Fsp3) is 0.929. The summed E-state index contributed by atoms with van der Waals surface area (Å²) in [5.41, 5.74) is 0.233. The van der Waals surface area contributed by atoms with Crippen LogP contribution in [0.4, 0.5) is 0 Å². The van der Waals surface area contributed by atoms with Crippen molar-refractivity contribution in [2.75, 3.05) is 26.2 Å². The minimum atomic E-state index is 0.233. The van der Waals surface area contributed by atoms with Gasteiger partial charge in [-0.15, -0.1) is 0 Å². The first-order valence-corrected chi connectivity index (χ1v) is 7.33. The number of hydrogen-bond donors (Lipinski definition) is 2. The lowest BCUT2D eigenvalue weighted by Crippen LogP contribution is -2.39. The smallest absolute Gasteiger partial charge is 0.191 e. The Balaban J connectivity index is 1.95. The molecule has 0 aromatic rings. The van der Waals surface area contributed by atoms with E-state index in [1.165, 1.54) is 12.8 Å². The second kappa shape index (κ2) is 5.91. The van der Waals surface area contributed by atoms with E-state index < -0.39 is 0 Å². The fourth-order valence-electron chi connectivity index (χ4n) is 2.80. The maximum Gasteiger partial charge on any atom is 0.191 e. The Labute approximate surface area is 111 Å². The highest BCUT2D eigenvalue weighted by Gasteiger charge is 2.47. The van der Waals surface area contributed by atoms with Crippen LogP contribution in [0, 0.1) is 11.3 Å². The van der Waals surface area contributed by atoms with Crippen LogP contribution in [0.25, 0.3) is 0 Å². The predicted molar refractivity (Wildman–Crippen MR) is 74.8 cm³/mol. The van der Waals surface area contributed by atoms with Gasteiger partial charge in [0.15, 0.2) is 5.96 Å². The van der Waals surface area contributed by atoms with Gasteiger partial charge in [-0.25, -0.2) is 0 Å². The Kier molecular flexibility index (Phi) is 4.49. The van der Waals surface area contributed by atoms with Crippen LogP contribution in [0.15, 0.2) is 4.99 Å². The standard InChI is InChI=1S/C14H27N3O/c1-4-15-13(16-5-2)17-10-14(3)8-9-18-12(14)11-6-7-11/h11-12H,4-10H2,1-3H3,(H2,15,16,17).